The molecule has 0 aliphatic heterocycles. The molecule has 0 aromatic heterocycles. The van der Waals surface area contributed by atoms with E-state index in [0.29, 0.717) is 18.5 Å². The Morgan fingerprint density at radius 1 is 0.955 bits per heavy atom. The number of aryl methyl sites for hydroxylation is 1. The SMILES string of the molecule is Cc1ccc(C(=O)CCC(=O)NCCCCCC(=O)O)cc1. The van der Waals surface area contributed by atoms with Crippen molar-refractivity contribution in [2.24, 2.45) is 0 Å². The van der Waals surface area contributed by atoms with Crippen LogP contribution in [0.3, 0.4) is 0 Å². The number of rotatable bonds is 10. The fourth-order valence-electron chi connectivity index (χ4n) is 2.01. The van der Waals surface area contributed by atoms with Gasteiger partial charge in [-0.05, 0) is 19.8 Å². The van der Waals surface area contributed by atoms with E-state index in [2.05, 4.69) is 5.32 Å². The molecule has 0 aliphatic carbocycles. The zero-order chi connectivity index (χ0) is 16.4. The van der Waals surface area contributed by atoms with Gasteiger partial charge in [-0.1, -0.05) is 36.2 Å². The Labute approximate surface area is 130 Å². The van der Waals surface area contributed by atoms with E-state index in [1.165, 1.54) is 0 Å². The van der Waals surface area contributed by atoms with Gasteiger partial charge in [0, 0.05) is 31.4 Å². The number of nitrogens with one attached hydrogen (secondary N) is 1. The molecule has 0 saturated carbocycles. The zero-order valence-corrected chi connectivity index (χ0v) is 12.9. The Morgan fingerprint density at radius 2 is 1.64 bits per heavy atom. The second-order valence-corrected chi connectivity index (χ2v) is 5.34. The average Bonchev–Trinajstić information content (AvgIpc) is 2.48. The summed E-state index contributed by atoms with van der Waals surface area (Å²) < 4.78 is 0. The lowest BCUT2D eigenvalue weighted by Crippen LogP contribution is -2.24. The van der Waals surface area contributed by atoms with Crippen LogP contribution in [0.1, 0.15) is 54.4 Å². The highest BCUT2D eigenvalue weighted by atomic mass is 16.4. The highest BCUT2D eigenvalue weighted by Gasteiger charge is 2.08. The molecule has 0 fully saturated rings. The lowest BCUT2D eigenvalue weighted by Gasteiger charge is -2.05. The van der Waals surface area contributed by atoms with E-state index in [9.17, 15) is 14.4 Å². The van der Waals surface area contributed by atoms with Crippen LogP contribution in [0.2, 0.25) is 0 Å². The third-order valence-corrected chi connectivity index (χ3v) is 3.34. The molecule has 0 unspecified atom stereocenters. The van der Waals surface area contributed by atoms with Crippen LogP contribution >= 0.6 is 0 Å². The zero-order valence-electron chi connectivity index (χ0n) is 12.9. The van der Waals surface area contributed by atoms with E-state index in [1.807, 2.05) is 19.1 Å². The standard InChI is InChI=1S/C17H23NO4/c1-13-6-8-14(9-7-13)15(19)10-11-16(20)18-12-4-2-3-5-17(21)22/h6-9H,2-5,10-12H2,1H3,(H,18,20)(H,21,22). The van der Waals surface area contributed by atoms with Gasteiger partial charge < -0.3 is 10.4 Å². The minimum atomic E-state index is -0.793. The second-order valence-electron chi connectivity index (χ2n) is 5.34. The Kier molecular flexibility index (Phi) is 7.89. The number of Topliss-reactive ketones (excluding diaryl/α,β-unsaturated/α-hetero) is 1. The maximum absolute atomic E-state index is 11.9. The van der Waals surface area contributed by atoms with Gasteiger partial charge >= 0.3 is 5.97 Å². The van der Waals surface area contributed by atoms with Gasteiger partial charge in [0.1, 0.15) is 0 Å². The maximum atomic E-state index is 11.9. The largest absolute Gasteiger partial charge is 0.481 e. The predicted molar refractivity (Wildman–Crippen MR) is 83.9 cm³/mol. The Balaban J connectivity index is 2.13. The van der Waals surface area contributed by atoms with Gasteiger partial charge in [0.15, 0.2) is 5.78 Å². The number of benzene rings is 1. The fourth-order valence-corrected chi connectivity index (χ4v) is 2.01. The first-order valence-corrected chi connectivity index (χ1v) is 7.57. The summed E-state index contributed by atoms with van der Waals surface area (Å²) in [6.07, 6.45) is 2.70. The summed E-state index contributed by atoms with van der Waals surface area (Å²) in [5.74, 6) is -0.964. The van der Waals surface area contributed by atoms with Crippen molar-refractivity contribution in [3.05, 3.63) is 35.4 Å². The van der Waals surface area contributed by atoms with E-state index in [-0.39, 0.29) is 31.0 Å². The van der Waals surface area contributed by atoms with Crippen LogP contribution < -0.4 is 5.32 Å². The van der Waals surface area contributed by atoms with E-state index in [4.69, 9.17) is 5.11 Å². The minimum absolute atomic E-state index is 0.0309. The van der Waals surface area contributed by atoms with Crippen molar-refractivity contribution in [2.75, 3.05) is 6.54 Å². The van der Waals surface area contributed by atoms with E-state index in [0.717, 1.165) is 18.4 Å². The van der Waals surface area contributed by atoms with E-state index in [1.54, 1.807) is 12.1 Å². The molecule has 2 N–H and O–H groups in total. The molecule has 22 heavy (non-hydrogen) atoms. The molecular weight excluding hydrogens is 282 g/mol. The number of carboxylic acid groups (broad SMARTS) is 1. The number of carboxylic acids is 1. The van der Waals surface area contributed by atoms with Crippen molar-refractivity contribution >= 4 is 17.7 Å². The van der Waals surface area contributed by atoms with Gasteiger partial charge in [0.2, 0.25) is 5.91 Å². The third kappa shape index (κ3) is 7.57. The number of carbonyl (C=O) groups is 3. The van der Waals surface area contributed by atoms with Crippen LogP contribution in [-0.4, -0.2) is 29.3 Å². The predicted octanol–water partition coefficient (Wildman–Crippen LogP) is 2.72. The highest BCUT2D eigenvalue weighted by molar-refractivity contribution is 5.97. The van der Waals surface area contributed by atoms with Crippen molar-refractivity contribution < 1.29 is 19.5 Å². The minimum Gasteiger partial charge on any atom is -0.481 e. The molecule has 0 atom stereocenters. The Hall–Kier alpha value is -2.17. The average molecular weight is 305 g/mol. The molecule has 0 radical (unpaired) electrons. The molecule has 0 saturated heterocycles. The summed E-state index contributed by atoms with van der Waals surface area (Å²) in [5, 5.41) is 11.2. The number of amides is 1. The van der Waals surface area contributed by atoms with E-state index >= 15 is 0 Å². The second kappa shape index (κ2) is 9.71. The van der Waals surface area contributed by atoms with Gasteiger partial charge in [-0.3, -0.25) is 14.4 Å². The normalized spacial score (nSPS) is 10.2. The Morgan fingerprint density at radius 3 is 2.27 bits per heavy atom. The topological polar surface area (TPSA) is 83.5 Å². The molecule has 5 heteroatoms. The van der Waals surface area contributed by atoms with Crippen molar-refractivity contribution in [1.29, 1.82) is 0 Å². The highest BCUT2D eigenvalue weighted by Crippen LogP contribution is 2.07. The van der Waals surface area contributed by atoms with Crippen LogP contribution in [0.5, 0.6) is 0 Å². The fraction of sp³-hybridized carbons (Fsp3) is 0.471. The van der Waals surface area contributed by atoms with Gasteiger partial charge in [-0.15, -0.1) is 0 Å². The van der Waals surface area contributed by atoms with E-state index < -0.39 is 5.97 Å². The van der Waals surface area contributed by atoms with Gasteiger partial charge in [-0.2, -0.15) is 0 Å². The number of carbonyl (C=O) groups excluding carboxylic acids is 2. The number of aliphatic carboxylic acids is 1. The Bertz CT molecular complexity index is 508. The first kappa shape index (κ1) is 17.9. The smallest absolute Gasteiger partial charge is 0.303 e. The molecule has 1 aromatic carbocycles. The quantitative estimate of drug-likeness (QED) is 0.514. The first-order chi connectivity index (χ1) is 10.5. The molecule has 0 bridgehead atoms. The van der Waals surface area contributed by atoms with Crippen molar-refractivity contribution in [2.45, 2.75) is 45.4 Å². The molecule has 120 valence electrons. The number of hydrogen-bond acceptors (Lipinski definition) is 3. The summed E-state index contributed by atoms with van der Waals surface area (Å²) >= 11 is 0. The molecule has 1 aromatic rings. The molecule has 0 aliphatic rings. The van der Waals surface area contributed by atoms with Crippen LogP contribution in [-0.2, 0) is 9.59 Å². The molecule has 0 heterocycles. The van der Waals surface area contributed by atoms with Crippen LogP contribution in [0.4, 0.5) is 0 Å². The summed E-state index contributed by atoms with van der Waals surface area (Å²) in [6, 6.07) is 7.31. The van der Waals surface area contributed by atoms with Gasteiger partial charge in [0.25, 0.3) is 0 Å². The van der Waals surface area contributed by atoms with Crippen molar-refractivity contribution in [1.82, 2.24) is 5.32 Å². The first-order valence-electron chi connectivity index (χ1n) is 7.57. The van der Waals surface area contributed by atoms with Crippen molar-refractivity contribution in [3.63, 3.8) is 0 Å². The molecule has 1 rings (SSSR count). The summed E-state index contributed by atoms with van der Waals surface area (Å²) in [5.41, 5.74) is 1.73. The van der Waals surface area contributed by atoms with Crippen LogP contribution in [0, 0.1) is 6.92 Å². The van der Waals surface area contributed by atoms with Gasteiger partial charge in [-0.25, -0.2) is 0 Å². The van der Waals surface area contributed by atoms with Crippen LogP contribution in [0.15, 0.2) is 24.3 Å². The molecular formula is C17H23NO4. The lowest BCUT2D eigenvalue weighted by atomic mass is 10.0. The van der Waals surface area contributed by atoms with Crippen LogP contribution in [0.25, 0.3) is 0 Å². The van der Waals surface area contributed by atoms with Gasteiger partial charge in [0.05, 0.1) is 0 Å². The summed E-state index contributed by atoms with van der Waals surface area (Å²) in [6.45, 7) is 2.48. The molecule has 0 spiro atoms. The maximum Gasteiger partial charge on any atom is 0.303 e. The van der Waals surface area contributed by atoms with Crippen molar-refractivity contribution in [3.8, 4) is 0 Å². The monoisotopic (exact) mass is 305 g/mol. The third-order valence-electron chi connectivity index (χ3n) is 3.34. The summed E-state index contributed by atoms with van der Waals surface area (Å²) in [4.78, 5) is 33.8. The molecule has 5 nitrogen and oxygen atoms in total. The number of unbranched alkanes of at least 4 members (excludes halogenated alkanes) is 2. The summed E-state index contributed by atoms with van der Waals surface area (Å²) in [7, 11) is 0. The number of hydrogen-bond donors (Lipinski definition) is 2. The molecule has 1 amide bonds. The lowest BCUT2D eigenvalue weighted by molar-refractivity contribution is -0.137. The number of ketones is 1.